The van der Waals surface area contributed by atoms with E-state index in [4.69, 9.17) is 5.73 Å². The molecule has 1 atom stereocenters. The number of halogens is 2. The highest BCUT2D eigenvalue weighted by atomic mass is 19.1. The summed E-state index contributed by atoms with van der Waals surface area (Å²) in [5, 5.41) is 3.17. The molecule has 1 aromatic rings. The normalized spacial score (nSPS) is 18.8. The van der Waals surface area contributed by atoms with Crippen molar-refractivity contribution in [1.82, 2.24) is 10.2 Å². The number of nitrogens with two attached hydrogens (primary N) is 1. The molecule has 1 heterocycles. The Bertz CT molecular complexity index is 439. The van der Waals surface area contributed by atoms with Crippen LogP contribution in [0.3, 0.4) is 0 Å². The molecule has 0 aromatic heterocycles. The highest BCUT2D eigenvalue weighted by Gasteiger charge is 2.31. The molecule has 1 aromatic carbocycles. The largest absolute Gasteiger partial charge is 0.368 e. The fourth-order valence-electron chi connectivity index (χ4n) is 2.40. The summed E-state index contributed by atoms with van der Waals surface area (Å²) in [6.45, 7) is 2.59. The van der Waals surface area contributed by atoms with Gasteiger partial charge in [0.2, 0.25) is 5.91 Å². The molecule has 0 bridgehead atoms. The third-order valence-electron chi connectivity index (χ3n) is 3.28. The average Bonchev–Trinajstić information content (AvgIpc) is 2.62. The number of nitrogens with one attached hydrogen (secondary N) is 1. The summed E-state index contributed by atoms with van der Waals surface area (Å²) in [7, 11) is 0. The number of amides is 1. The lowest BCUT2D eigenvalue weighted by Gasteiger charge is -2.28. The molecule has 1 saturated heterocycles. The molecule has 1 fully saturated rings. The standard InChI is InChI=1S/C13H17F2N3O/c14-9-3-1-4-10(15)11(9)12(13(16)19)18-7-2-5-17-6-8-18/h1,3-4,12,17H,2,5-8H2,(H2,16,19). The minimum atomic E-state index is -1.05. The zero-order valence-electron chi connectivity index (χ0n) is 10.5. The Morgan fingerprint density at radius 1 is 1.26 bits per heavy atom. The summed E-state index contributed by atoms with van der Waals surface area (Å²) in [6.07, 6.45) is 0.805. The number of primary amides is 1. The van der Waals surface area contributed by atoms with Crippen LogP contribution in [0.15, 0.2) is 18.2 Å². The van der Waals surface area contributed by atoms with Crippen LogP contribution in [0.1, 0.15) is 18.0 Å². The molecule has 1 aliphatic rings. The van der Waals surface area contributed by atoms with Gasteiger partial charge >= 0.3 is 0 Å². The quantitative estimate of drug-likeness (QED) is 0.853. The van der Waals surface area contributed by atoms with Crippen LogP contribution in [0.5, 0.6) is 0 Å². The summed E-state index contributed by atoms with van der Waals surface area (Å²) in [4.78, 5) is 13.4. The predicted octanol–water partition coefficient (Wildman–Crippen LogP) is 0.786. The molecule has 19 heavy (non-hydrogen) atoms. The number of carbonyl (C=O) groups excluding carboxylic acids is 1. The maximum Gasteiger partial charge on any atom is 0.239 e. The lowest BCUT2D eigenvalue weighted by molar-refractivity contribution is -0.123. The van der Waals surface area contributed by atoms with Crippen molar-refractivity contribution in [3.8, 4) is 0 Å². The van der Waals surface area contributed by atoms with Crippen LogP contribution in [0, 0.1) is 11.6 Å². The second-order valence-corrected chi connectivity index (χ2v) is 4.58. The first-order valence-electron chi connectivity index (χ1n) is 6.29. The van der Waals surface area contributed by atoms with Gasteiger partial charge in [0.1, 0.15) is 17.7 Å². The van der Waals surface area contributed by atoms with E-state index in [0.29, 0.717) is 19.6 Å². The Balaban J connectivity index is 2.36. The molecule has 4 nitrogen and oxygen atoms in total. The van der Waals surface area contributed by atoms with Gasteiger partial charge in [-0.3, -0.25) is 9.69 Å². The third kappa shape index (κ3) is 3.08. The Hall–Kier alpha value is -1.53. The minimum absolute atomic E-state index is 0.253. The van der Waals surface area contributed by atoms with Crippen molar-refractivity contribution in [1.29, 1.82) is 0 Å². The van der Waals surface area contributed by atoms with Crippen molar-refractivity contribution in [2.75, 3.05) is 26.2 Å². The van der Waals surface area contributed by atoms with E-state index in [0.717, 1.165) is 25.1 Å². The van der Waals surface area contributed by atoms with E-state index in [2.05, 4.69) is 5.32 Å². The molecule has 0 radical (unpaired) electrons. The molecule has 1 amide bonds. The number of hydrogen-bond donors (Lipinski definition) is 2. The molecule has 0 aliphatic carbocycles. The van der Waals surface area contributed by atoms with E-state index in [-0.39, 0.29) is 5.56 Å². The number of rotatable bonds is 3. The van der Waals surface area contributed by atoms with Crippen LogP contribution in [-0.4, -0.2) is 37.0 Å². The van der Waals surface area contributed by atoms with Gasteiger partial charge in [0.05, 0.1) is 5.56 Å². The number of benzene rings is 1. The van der Waals surface area contributed by atoms with Gasteiger partial charge in [-0.2, -0.15) is 0 Å². The average molecular weight is 269 g/mol. The van der Waals surface area contributed by atoms with Gasteiger partial charge in [-0.05, 0) is 25.1 Å². The van der Waals surface area contributed by atoms with E-state index < -0.39 is 23.6 Å². The summed E-state index contributed by atoms with van der Waals surface area (Å²) < 4.78 is 27.7. The number of nitrogens with zero attached hydrogens (tertiary/aromatic N) is 1. The van der Waals surface area contributed by atoms with E-state index in [1.165, 1.54) is 6.07 Å². The second-order valence-electron chi connectivity index (χ2n) is 4.58. The molecule has 1 unspecified atom stereocenters. The van der Waals surface area contributed by atoms with E-state index in [9.17, 15) is 13.6 Å². The smallest absolute Gasteiger partial charge is 0.239 e. The lowest BCUT2D eigenvalue weighted by Crippen LogP contribution is -2.40. The molecule has 0 saturated carbocycles. The van der Waals surface area contributed by atoms with Crippen molar-refractivity contribution < 1.29 is 13.6 Å². The van der Waals surface area contributed by atoms with Gasteiger partial charge < -0.3 is 11.1 Å². The first-order valence-corrected chi connectivity index (χ1v) is 6.29. The SMILES string of the molecule is NC(=O)C(c1c(F)cccc1F)N1CCCNCC1. The maximum absolute atomic E-state index is 13.8. The molecular weight excluding hydrogens is 252 g/mol. The Morgan fingerprint density at radius 3 is 2.58 bits per heavy atom. The fourth-order valence-corrected chi connectivity index (χ4v) is 2.40. The van der Waals surface area contributed by atoms with Crippen LogP contribution in [0.4, 0.5) is 8.78 Å². The number of hydrogen-bond acceptors (Lipinski definition) is 3. The van der Waals surface area contributed by atoms with Crippen LogP contribution in [0.25, 0.3) is 0 Å². The molecule has 2 rings (SSSR count). The first-order chi connectivity index (χ1) is 9.11. The maximum atomic E-state index is 13.8. The minimum Gasteiger partial charge on any atom is -0.368 e. The second kappa shape index (κ2) is 6.08. The van der Waals surface area contributed by atoms with Crippen molar-refractivity contribution >= 4 is 5.91 Å². The molecule has 1 aliphatic heterocycles. The van der Waals surface area contributed by atoms with E-state index in [1.54, 1.807) is 4.90 Å². The van der Waals surface area contributed by atoms with Crippen molar-refractivity contribution in [3.05, 3.63) is 35.4 Å². The predicted molar refractivity (Wildman–Crippen MR) is 67.4 cm³/mol. The Labute approximate surface area is 110 Å². The van der Waals surface area contributed by atoms with Crippen LogP contribution in [-0.2, 0) is 4.79 Å². The van der Waals surface area contributed by atoms with Crippen molar-refractivity contribution in [3.63, 3.8) is 0 Å². The summed E-state index contributed by atoms with van der Waals surface area (Å²) in [5.74, 6) is -2.20. The van der Waals surface area contributed by atoms with Gasteiger partial charge in [-0.25, -0.2) is 8.78 Å². The summed E-state index contributed by atoms with van der Waals surface area (Å²) in [5.41, 5.74) is 5.10. The van der Waals surface area contributed by atoms with Gasteiger partial charge in [0.15, 0.2) is 0 Å². The van der Waals surface area contributed by atoms with E-state index >= 15 is 0 Å². The van der Waals surface area contributed by atoms with Crippen molar-refractivity contribution in [2.24, 2.45) is 5.73 Å². The Morgan fingerprint density at radius 2 is 1.95 bits per heavy atom. The van der Waals surface area contributed by atoms with Gasteiger partial charge in [-0.15, -0.1) is 0 Å². The van der Waals surface area contributed by atoms with Gasteiger partial charge in [0, 0.05) is 19.6 Å². The highest BCUT2D eigenvalue weighted by molar-refractivity contribution is 5.81. The Kier molecular flexibility index (Phi) is 4.44. The summed E-state index contributed by atoms with van der Waals surface area (Å²) >= 11 is 0. The van der Waals surface area contributed by atoms with E-state index in [1.807, 2.05) is 0 Å². The van der Waals surface area contributed by atoms with Crippen LogP contribution >= 0.6 is 0 Å². The number of carbonyl (C=O) groups is 1. The monoisotopic (exact) mass is 269 g/mol. The van der Waals surface area contributed by atoms with Crippen molar-refractivity contribution in [2.45, 2.75) is 12.5 Å². The topological polar surface area (TPSA) is 58.4 Å². The van der Waals surface area contributed by atoms with Crippen LogP contribution < -0.4 is 11.1 Å². The molecule has 0 spiro atoms. The zero-order chi connectivity index (χ0) is 13.8. The third-order valence-corrected chi connectivity index (χ3v) is 3.28. The van der Waals surface area contributed by atoms with Gasteiger partial charge in [-0.1, -0.05) is 6.07 Å². The molecular formula is C13H17F2N3O. The molecule has 3 N–H and O–H groups in total. The van der Waals surface area contributed by atoms with Crippen LogP contribution in [0.2, 0.25) is 0 Å². The molecule has 6 heteroatoms. The first kappa shape index (κ1) is 13.9. The van der Waals surface area contributed by atoms with Gasteiger partial charge in [0.25, 0.3) is 0 Å². The fraction of sp³-hybridized carbons (Fsp3) is 0.462. The highest BCUT2D eigenvalue weighted by Crippen LogP contribution is 2.26. The summed E-state index contributed by atoms with van der Waals surface area (Å²) in [6, 6.07) is 2.51. The zero-order valence-corrected chi connectivity index (χ0v) is 10.5. The molecule has 104 valence electrons. The lowest BCUT2D eigenvalue weighted by atomic mass is 10.0.